The van der Waals surface area contributed by atoms with Crippen molar-refractivity contribution in [1.82, 2.24) is 15.5 Å². The van der Waals surface area contributed by atoms with Gasteiger partial charge in [0.1, 0.15) is 0 Å². The Morgan fingerprint density at radius 3 is 3.08 bits per heavy atom. The minimum Gasteiger partial charge on any atom is -0.353 e. The molecule has 4 heteroatoms. The number of hydrogen-bond donors (Lipinski definition) is 2. The van der Waals surface area contributed by atoms with E-state index >= 15 is 0 Å². The van der Waals surface area contributed by atoms with Crippen molar-refractivity contribution in [2.24, 2.45) is 0 Å². The zero-order valence-electron chi connectivity index (χ0n) is 8.47. The summed E-state index contributed by atoms with van der Waals surface area (Å²) < 4.78 is 0. The fraction of sp³-hybridized carbons (Fsp3) is 0.889. The predicted octanol–water partition coefficient (Wildman–Crippen LogP) is -0.584. The van der Waals surface area contributed by atoms with Crippen molar-refractivity contribution in [2.75, 3.05) is 33.2 Å². The molecule has 76 valence electrons. The predicted molar refractivity (Wildman–Crippen MR) is 52.6 cm³/mol. The topological polar surface area (TPSA) is 44.4 Å². The van der Waals surface area contributed by atoms with Gasteiger partial charge in [0.15, 0.2) is 0 Å². The summed E-state index contributed by atoms with van der Waals surface area (Å²) in [5.41, 5.74) is 0. The maximum atomic E-state index is 11.4. The first-order valence-electron chi connectivity index (χ1n) is 4.96. The van der Waals surface area contributed by atoms with Crippen LogP contribution in [0.25, 0.3) is 0 Å². The van der Waals surface area contributed by atoms with Gasteiger partial charge in [-0.3, -0.25) is 9.69 Å². The van der Waals surface area contributed by atoms with Crippen LogP contribution in [0.3, 0.4) is 0 Å². The third kappa shape index (κ3) is 2.67. The second-order valence-corrected chi connectivity index (χ2v) is 3.35. The van der Waals surface area contributed by atoms with Crippen LogP contribution in [0.2, 0.25) is 0 Å². The zero-order chi connectivity index (χ0) is 9.68. The normalized spacial score (nSPS) is 24.5. The molecule has 0 aromatic carbocycles. The number of hydrogen-bond acceptors (Lipinski definition) is 3. The number of carbonyl (C=O) groups excluding carboxylic acids is 1. The van der Waals surface area contributed by atoms with Crippen LogP contribution in [-0.4, -0.2) is 50.1 Å². The number of likely N-dealkylation sites (N-methyl/N-ethyl adjacent to an activating group) is 1. The molecule has 1 unspecified atom stereocenters. The van der Waals surface area contributed by atoms with E-state index in [0.29, 0.717) is 0 Å². The first kappa shape index (κ1) is 10.5. The fourth-order valence-corrected chi connectivity index (χ4v) is 1.73. The molecule has 1 rings (SSSR count). The van der Waals surface area contributed by atoms with E-state index < -0.39 is 0 Å². The second kappa shape index (κ2) is 5.19. The summed E-state index contributed by atoms with van der Waals surface area (Å²) in [6.45, 7) is 5.74. The fourth-order valence-electron chi connectivity index (χ4n) is 1.73. The minimum atomic E-state index is 0.0853. The molecule has 1 atom stereocenters. The summed E-state index contributed by atoms with van der Waals surface area (Å²) in [6, 6.07) is 0.0853. The van der Waals surface area contributed by atoms with Crippen molar-refractivity contribution in [1.29, 1.82) is 0 Å². The molecule has 0 radical (unpaired) electrons. The van der Waals surface area contributed by atoms with Crippen LogP contribution < -0.4 is 10.6 Å². The molecule has 1 aliphatic rings. The van der Waals surface area contributed by atoms with Crippen LogP contribution in [0, 0.1) is 0 Å². The van der Waals surface area contributed by atoms with Gasteiger partial charge >= 0.3 is 0 Å². The standard InChI is InChI=1S/C9H19N3O/c1-3-8-9(13)11-5-7-12(8)6-4-10-2/h8,10H,3-7H2,1-2H3,(H,11,13). The van der Waals surface area contributed by atoms with Crippen molar-refractivity contribution >= 4 is 5.91 Å². The maximum Gasteiger partial charge on any atom is 0.237 e. The lowest BCUT2D eigenvalue weighted by atomic mass is 10.1. The highest BCUT2D eigenvalue weighted by Gasteiger charge is 2.26. The Morgan fingerprint density at radius 2 is 2.46 bits per heavy atom. The monoisotopic (exact) mass is 185 g/mol. The molecular formula is C9H19N3O. The van der Waals surface area contributed by atoms with E-state index in [0.717, 1.165) is 32.6 Å². The first-order chi connectivity index (χ1) is 6.29. The van der Waals surface area contributed by atoms with Gasteiger partial charge in [-0.05, 0) is 13.5 Å². The molecule has 1 fully saturated rings. The van der Waals surface area contributed by atoms with Gasteiger partial charge in [-0.15, -0.1) is 0 Å². The molecule has 0 aliphatic carbocycles. The number of nitrogens with zero attached hydrogens (tertiary/aromatic N) is 1. The van der Waals surface area contributed by atoms with Crippen LogP contribution >= 0.6 is 0 Å². The van der Waals surface area contributed by atoms with Crippen LogP contribution in [-0.2, 0) is 4.79 Å². The van der Waals surface area contributed by atoms with E-state index in [4.69, 9.17) is 0 Å². The average Bonchev–Trinajstić information content (AvgIpc) is 2.15. The Hall–Kier alpha value is -0.610. The van der Waals surface area contributed by atoms with E-state index in [1.807, 2.05) is 7.05 Å². The Labute approximate surface area is 79.7 Å². The quantitative estimate of drug-likeness (QED) is 0.615. The van der Waals surface area contributed by atoms with Gasteiger partial charge in [-0.2, -0.15) is 0 Å². The Balaban J connectivity index is 2.44. The smallest absolute Gasteiger partial charge is 0.237 e. The zero-order valence-corrected chi connectivity index (χ0v) is 8.47. The Bertz CT molecular complexity index is 172. The van der Waals surface area contributed by atoms with Crippen molar-refractivity contribution in [3.63, 3.8) is 0 Å². The maximum absolute atomic E-state index is 11.4. The van der Waals surface area contributed by atoms with Crippen molar-refractivity contribution in [2.45, 2.75) is 19.4 Å². The van der Waals surface area contributed by atoms with Crippen molar-refractivity contribution in [3.05, 3.63) is 0 Å². The first-order valence-corrected chi connectivity index (χ1v) is 4.96. The highest BCUT2D eigenvalue weighted by Crippen LogP contribution is 2.06. The lowest BCUT2D eigenvalue weighted by molar-refractivity contribution is -0.129. The summed E-state index contributed by atoms with van der Waals surface area (Å²) in [4.78, 5) is 13.7. The molecule has 0 spiro atoms. The van der Waals surface area contributed by atoms with Gasteiger partial charge in [0.05, 0.1) is 6.04 Å². The van der Waals surface area contributed by atoms with E-state index in [2.05, 4.69) is 22.5 Å². The van der Waals surface area contributed by atoms with Gasteiger partial charge in [0.25, 0.3) is 0 Å². The molecule has 0 bridgehead atoms. The van der Waals surface area contributed by atoms with Gasteiger partial charge in [0, 0.05) is 26.2 Å². The third-order valence-corrected chi connectivity index (χ3v) is 2.48. The lowest BCUT2D eigenvalue weighted by Gasteiger charge is -2.34. The molecule has 4 nitrogen and oxygen atoms in total. The van der Waals surface area contributed by atoms with Crippen LogP contribution in [0.5, 0.6) is 0 Å². The SMILES string of the molecule is CCC1C(=O)NCCN1CCNC. The molecule has 2 N–H and O–H groups in total. The molecule has 1 heterocycles. The number of carbonyl (C=O) groups is 1. The molecule has 1 saturated heterocycles. The minimum absolute atomic E-state index is 0.0853. The Morgan fingerprint density at radius 1 is 1.69 bits per heavy atom. The number of piperazine rings is 1. The van der Waals surface area contributed by atoms with Crippen LogP contribution in [0.15, 0.2) is 0 Å². The molecule has 0 aromatic heterocycles. The van der Waals surface area contributed by atoms with E-state index in [1.165, 1.54) is 0 Å². The van der Waals surface area contributed by atoms with Crippen LogP contribution in [0.4, 0.5) is 0 Å². The summed E-state index contributed by atoms with van der Waals surface area (Å²) in [6.07, 6.45) is 0.898. The van der Waals surface area contributed by atoms with E-state index in [1.54, 1.807) is 0 Å². The Kier molecular flexibility index (Phi) is 4.18. The van der Waals surface area contributed by atoms with Crippen molar-refractivity contribution < 1.29 is 4.79 Å². The molecule has 13 heavy (non-hydrogen) atoms. The summed E-state index contributed by atoms with van der Waals surface area (Å²) in [5.74, 6) is 0.185. The van der Waals surface area contributed by atoms with E-state index in [9.17, 15) is 4.79 Å². The van der Waals surface area contributed by atoms with Gasteiger partial charge < -0.3 is 10.6 Å². The van der Waals surface area contributed by atoms with E-state index in [-0.39, 0.29) is 11.9 Å². The number of amides is 1. The molecule has 1 aliphatic heterocycles. The summed E-state index contributed by atoms with van der Waals surface area (Å²) in [5, 5.41) is 5.99. The van der Waals surface area contributed by atoms with Gasteiger partial charge in [0.2, 0.25) is 5.91 Å². The summed E-state index contributed by atoms with van der Waals surface area (Å²) in [7, 11) is 1.94. The molecular weight excluding hydrogens is 166 g/mol. The molecule has 0 saturated carbocycles. The van der Waals surface area contributed by atoms with Gasteiger partial charge in [-0.25, -0.2) is 0 Å². The lowest BCUT2D eigenvalue weighted by Crippen LogP contribution is -2.56. The summed E-state index contributed by atoms with van der Waals surface area (Å²) >= 11 is 0. The highest BCUT2D eigenvalue weighted by molar-refractivity contribution is 5.82. The highest BCUT2D eigenvalue weighted by atomic mass is 16.2. The molecule has 0 aromatic rings. The van der Waals surface area contributed by atoms with Crippen molar-refractivity contribution in [3.8, 4) is 0 Å². The second-order valence-electron chi connectivity index (χ2n) is 3.35. The van der Waals surface area contributed by atoms with Gasteiger partial charge in [-0.1, -0.05) is 6.92 Å². The number of nitrogens with one attached hydrogen (secondary N) is 2. The largest absolute Gasteiger partial charge is 0.353 e. The van der Waals surface area contributed by atoms with Crippen LogP contribution in [0.1, 0.15) is 13.3 Å². The number of rotatable bonds is 4. The third-order valence-electron chi connectivity index (χ3n) is 2.48. The average molecular weight is 185 g/mol. The molecule has 1 amide bonds.